The van der Waals surface area contributed by atoms with Crippen molar-refractivity contribution in [3.63, 3.8) is 0 Å². The lowest BCUT2D eigenvalue weighted by Gasteiger charge is -2.35. The molecule has 1 aromatic carbocycles. The first-order valence-electron chi connectivity index (χ1n) is 7.74. The second-order valence-corrected chi connectivity index (χ2v) is 5.81. The van der Waals surface area contributed by atoms with Crippen molar-refractivity contribution < 1.29 is 13.9 Å². The van der Waals surface area contributed by atoms with Gasteiger partial charge in [-0.25, -0.2) is 9.18 Å². The fraction of sp³-hybridized carbons (Fsp3) is 0.562. The third-order valence-corrected chi connectivity index (χ3v) is 4.18. The highest BCUT2D eigenvalue weighted by Gasteiger charge is 2.24. The Bertz CT molecular complexity index is 513. The fourth-order valence-electron chi connectivity index (χ4n) is 2.71. The van der Waals surface area contributed by atoms with Crippen molar-refractivity contribution >= 4 is 17.6 Å². The number of hydrogen-bond donors (Lipinski definition) is 1. The SMILES string of the molecule is CCC1CCCCN1C(=O)NCCOc1ccc(F)cc1Cl. The summed E-state index contributed by atoms with van der Waals surface area (Å²) in [6.45, 7) is 3.60. The van der Waals surface area contributed by atoms with Crippen LogP contribution in [0.5, 0.6) is 5.75 Å². The Morgan fingerprint density at radius 2 is 2.32 bits per heavy atom. The van der Waals surface area contributed by atoms with Crippen LogP contribution in [0.2, 0.25) is 5.02 Å². The highest BCUT2D eigenvalue weighted by Crippen LogP contribution is 2.24. The molecule has 1 aliphatic rings. The predicted octanol–water partition coefficient (Wildman–Crippen LogP) is 3.83. The molecule has 1 atom stereocenters. The van der Waals surface area contributed by atoms with E-state index in [0.29, 0.717) is 24.9 Å². The van der Waals surface area contributed by atoms with Crippen LogP contribution in [0.4, 0.5) is 9.18 Å². The Labute approximate surface area is 135 Å². The zero-order chi connectivity index (χ0) is 15.9. The first kappa shape index (κ1) is 16.9. The van der Waals surface area contributed by atoms with Crippen molar-refractivity contribution in [1.29, 1.82) is 0 Å². The van der Waals surface area contributed by atoms with Gasteiger partial charge in [-0.1, -0.05) is 18.5 Å². The fourth-order valence-corrected chi connectivity index (χ4v) is 2.93. The standard InChI is InChI=1S/C16H22ClFN2O2/c1-2-13-5-3-4-9-20(13)16(21)19-8-10-22-15-7-6-12(18)11-14(15)17/h6-7,11,13H,2-5,8-10H2,1H3,(H,19,21). The molecule has 1 saturated heterocycles. The number of urea groups is 1. The molecule has 1 heterocycles. The van der Waals surface area contributed by atoms with E-state index in [1.807, 2.05) is 4.90 Å². The summed E-state index contributed by atoms with van der Waals surface area (Å²) in [4.78, 5) is 14.1. The zero-order valence-corrected chi connectivity index (χ0v) is 13.5. The average Bonchev–Trinajstić information content (AvgIpc) is 2.53. The first-order valence-corrected chi connectivity index (χ1v) is 8.12. The largest absolute Gasteiger partial charge is 0.490 e. The van der Waals surface area contributed by atoms with Gasteiger partial charge in [-0.3, -0.25) is 0 Å². The van der Waals surface area contributed by atoms with E-state index in [-0.39, 0.29) is 11.1 Å². The topological polar surface area (TPSA) is 41.6 Å². The lowest BCUT2D eigenvalue weighted by atomic mass is 10.0. The second kappa shape index (κ2) is 8.22. The van der Waals surface area contributed by atoms with Crippen LogP contribution in [0.3, 0.4) is 0 Å². The molecule has 1 unspecified atom stereocenters. The van der Waals surface area contributed by atoms with Crippen molar-refractivity contribution in [3.8, 4) is 5.75 Å². The van der Waals surface area contributed by atoms with E-state index in [1.165, 1.54) is 24.6 Å². The molecule has 2 amide bonds. The Morgan fingerprint density at radius 3 is 3.05 bits per heavy atom. The van der Waals surface area contributed by atoms with Crippen LogP contribution in [-0.2, 0) is 0 Å². The Morgan fingerprint density at radius 1 is 1.50 bits per heavy atom. The Kier molecular flexibility index (Phi) is 6.31. The van der Waals surface area contributed by atoms with Gasteiger partial charge in [0, 0.05) is 12.6 Å². The van der Waals surface area contributed by atoms with Gasteiger partial charge in [0.25, 0.3) is 0 Å². The maximum Gasteiger partial charge on any atom is 0.317 e. The van der Waals surface area contributed by atoms with Gasteiger partial charge in [-0.2, -0.15) is 0 Å². The lowest BCUT2D eigenvalue weighted by molar-refractivity contribution is 0.147. The van der Waals surface area contributed by atoms with E-state index in [1.54, 1.807) is 0 Å². The monoisotopic (exact) mass is 328 g/mol. The minimum atomic E-state index is -0.402. The van der Waals surface area contributed by atoms with Gasteiger partial charge in [-0.05, 0) is 43.9 Å². The smallest absolute Gasteiger partial charge is 0.317 e. The summed E-state index contributed by atoms with van der Waals surface area (Å²) in [7, 11) is 0. The molecule has 0 aromatic heterocycles. The number of carbonyl (C=O) groups is 1. The van der Waals surface area contributed by atoms with Crippen molar-refractivity contribution in [2.45, 2.75) is 38.6 Å². The molecular weight excluding hydrogens is 307 g/mol. The average molecular weight is 329 g/mol. The molecule has 122 valence electrons. The van der Waals surface area contributed by atoms with Crippen LogP contribution in [0.1, 0.15) is 32.6 Å². The van der Waals surface area contributed by atoms with Crippen LogP contribution in [0.25, 0.3) is 0 Å². The Balaban J connectivity index is 1.74. The summed E-state index contributed by atoms with van der Waals surface area (Å²) >= 11 is 5.87. The summed E-state index contributed by atoms with van der Waals surface area (Å²) < 4.78 is 18.4. The maximum absolute atomic E-state index is 12.9. The van der Waals surface area contributed by atoms with Crippen LogP contribution >= 0.6 is 11.6 Å². The van der Waals surface area contributed by atoms with Gasteiger partial charge >= 0.3 is 6.03 Å². The van der Waals surface area contributed by atoms with Gasteiger partial charge < -0.3 is 15.0 Å². The third kappa shape index (κ3) is 4.50. The van der Waals surface area contributed by atoms with Crippen LogP contribution in [0, 0.1) is 5.82 Å². The summed E-state index contributed by atoms with van der Waals surface area (Å²) in [5.41, 5.74) is 0. The third-order valence-electron chi connectivity index (χ3n) is 3.89. The number of halogens is 2. The molecule has 0 radical (unpaired) electrons. The number of benzene rings is 1. The predicted molar refractivity (Wildman–Crippen MR) is 84.9 cm³/mol. The van der Waals surface area contributed by atoms with Crippen molar-refractivity contribution in [1.82, 2.24) is 10.2 Å². The molecule has 0 bridgehead atoms. The van der Waals surface area contributed by atoms with E-state index in [4.69, 9.17) is 16.3 Å². The minimum Gasteiger partial charge on any atom is -0.490 e. The van der Waals surface area contributed by atoms with Gasteiger partial charge in [0.05, 0.1) is 11.6 Å². The normalized spacial score (nSPS) is 18.1. The molecule has 0 saturated carbocycles. The summed E-state index contributed by atoms with van der Waals surface area (Å²) in [5, 5.41) is 3.09. The molecule has 22 heavy (non-hydrogen) atoms. The van der Waals surface area contributed by atoms with E-state index in [0.717, 1.165) is 25.8 Å². The number of nitrogens with zero attached hydrogens (tertiary/aromatic N) is 1. The van der Waals surface area contributed by atoms with E-state index >= 15 is 0 Å². The van der Waals surface area contributed by atoms with E-state index in [2.05, 4.69) is 12.2 Å². The molecular formula is C16H22ClFN2O2. The van der Waals surface area contributed by atoms with Gasteiger partial charge in [-0.15, -0.1) is 0 Å². The van der Waals surface area contributed by atoms with Crippen LogP contribution < -0.4 is 10.1 Å². The number of likely N-dealkylation sites (tertiary alicyclic amines) is 1. The lowest BCUT2D eigenvalue weighted by Crippen LogP contribution is -2.49. The van der Waals surface area contributed by atoms with Crippen LogP contribution in [-0.4, -0.2) is 36.7 Å². The maximum atomic E-state index is 12.9. The number of rotatable bonds is 5. The number of hydrogen-bond acceptors (Lipinski definition) is 2. The van der Waals surface area contributed by atoms with E-state index in [9.17, 15) is 9.18 Å². The summed E-state index contributed by atoms with van der Waals surface area (Å²) in [6.07, 6.45) is 4.31. The van der Waals surface area contributed by atoms with Crippen molar-refractivity contribution in [2.24, 2.45) is 0 Å². The van der Waals surface area contributed by atoms with Crippen molar-refractivity contribution in [2.75, 3.05) is 19.7 Å². The molecule has 1 fully saturated rings. The molecule has 0 aliphatic carbocycles. The molecule has 2 rings (SSSR count). The van der Waals surface area contributed by atoms with Gasteiger partial charge in [0.15, 0.2) is 0 Å². The van der Waals surface area contributed by atoms with Gasteiger partial charge in [0.1, 0.15) is 18.2 Å². The molecule has 6 heteroatoms. The molecule has 4 nitrogen and oxygen atoms in total. The number of amides is 2. The summed E-state index contributed by atoms with van der Waals surface area (Å²) in [5.74, 6) is 0.0167. The Hall–Kier alpha value is -1.49. The summed E-state index contributed by atoms with van der Waals surface area (Å²) in [6, 6.07) is 4.27. The van der Waals surface area contributed by atoms with Gasteiger partial charge in [0.2, 0.25) is 0 Å². The second-order valence-electron chi connectivity index (χ2n) is 5.41. The molecule has 1 aliphatic heterocycles. The first-order chi connectivity index (χ1) is 10.6. The quantitative estimate of drug-likeness (QED) is 0.835. The van der Waals surface area contributed by atoms with E-state index < -0.39 is 5.82 Å². The molecule has 1 aromatic rings. The highest BCUT2D eigenvalue weighted by atomic mass is 35.5. The highest BCUT2D eigenvalue weighted by molar-refractivity contribution is 6.32. The zero-order valence-electron chi connectivity index (χ0n) is 12.8. The number of nitrogens with one attached hydrogen (secondary N) is 1. The minimum absolute atomic E-state index is 0.0413. The molecule has 1 N–H and O–H groups in total. The number of piperidine rings is 1. The van der Waals surface area contributed by atoms with Crippen LogP contribution in [0.15, 0.2) is 18.2 Å². The molecule has 0 spiro atoms. The number of ether oxygens (including phenoxy) is 1. The number of carbonyl (C=O) groups excluding carboxylic acids is 1. The van der Waals surface area contributed by atoms with Crippen molar-refractivity contribution in [3.05, 3.63) is 29.0 Å².